The number of methoxy groups -OCH3 is 1. The van der Waals surface area contributed by atoms with Crippen LogP contribution in [0.2, 0.25) is 0 Å². The van der Waals surface area contributed by atoms with Crippen molar-refractivity contribution < 1.29 is 19.0 Å². The summed E-state index contributed by atoms with van der Waals surface area (Å²) in [5.74, 6) is 1.09. The minimum absolute atomic E-state index is 0.324. The highest BCUT2D eigenvalue weighted by Crippen LogP contribution is 2.37. The summed E-state index contributed by atoms with van der Waals surface area (Å²) >= 11 is 0. The number of hydrogen-bond donors (Lipinski definition) is 0. The molecule has 106 valence electrons. The molecule has 1 aliphatic heterocycles. The van der Waals surface area contributed by atoms with E-state index in [0.29, 0.717) is 18.8 Å². The average molecular weight is 266 g/mol. The van der Waals surface area contributed by atoms with Gasteiger partial charge in [-0.05, 0) is 25.5 Å². The second-order valence-electron chi connectivity index (χ2n) is 4.20. The predicted molar refractivity (Wildman–Crippen MR) is 73.7 cm³/mol. The fraction of sp³-hybridized carbons (Fsp3) is 0.533. The summed E-state index contributed by atoms with van der Waals surface area (Å²) in [6.07, 6.45) is 0.533. The summed E-state index contributed by atoms with van der Waals surface area (Å²) in [5, 5.41) is 0. The van der Waals surface area contributed by atoms with Gasteiger partial charge in [-0.25, -0.2) is 4.79 Å². The highest BCUT2D eigenvalue weighted by atomic mass is 16.6. The maximum Gasteiger partial charge on any atom is 0.350 e. The summed E-state index contributed by atoms with van der Waals surface area (Å²) in [6, 6.07) is 5.57. The van der Waals surface area contributed by atoms with Crippen LogP contribution in [-0.4, -0.2) is 25.3 Å². The molecule has 1 aliphatic rings. The molecule has 0 saturated heterocycles. The topological polar surface area (TPSA) is 44.8 Å². The molecule has 0 spiro atoms. The van der Waals surface area contributed by atoms with Gasteiger partial charge in [0.25, 0.3) is 0 Å². The van der Waals surface area contributed by atoms with E-state index in [2.05, 4.69) is 0 Å². The number of carbonyl (C=O) groups excluding carboxylic acids is 1. The number of benzene rings is 1. The molecule has 0 aliphatic carbocycles. The molecule has 0 aromatic heterocycles. The van der Waals surface area contributed by atoms with Crippen molar-refractivity contribution >= 4 is 5.97 Å². The van der Waals surface area contributed by atoms with Crippen LogP contribution in [0, 0.1) is 0 Å². The molecule has 0 amide bonds. The Balaban J connectivity index is 0.000000861. The minimum Gasteiger partial charge on any atom is -0.497 e. The quantitative estimate of drug-likeness (QED) is 0.789. The van der Waals surface area contributed by atoms with Crippen molar-refractivity contribution in [2.45, 2.75) is 39.7 Å². The Morgan fingerprint density at radius 1 is 1.42 bits per heavy atom. The van der Waals surface area contributed by atoms with E-state index in [1.807, 2.05) is 26.0 Å². The largest absolute Gasteiger partial charge is 0.497 e. The van der Waals surface area contributed by atoms with Gasteiger partial charge in [0.05, 0.1) is 13.7 Å². The van der Waals surface area contributed by atoms with E-state index < -0.39 is 5.60 Å². The maximum absolute atomic E-state index is 11.8. The summed E-state index contributed by atoms with van der Waals surface area (Å²) in [6.45, 7) is 7.89. The van der Waals surface area contributed by atoms with E-state index in [4.69, 9.17) is 14.2 Å². The van der Waals surface area contributed by atoms with Crippen LogP contribution in [0.3, 0.4) is 0 Å². The lowest BCUT2D eigenvalue weighted by Crippen LogP contribution is -2.41. The first-order valence-corrected chi connectivity index (χ1v) is 6.62. The van der Waals surface area contributed by atoms with E-state index >= 15 is 0 Å². The van der Waals surface area contributed by atoms with E-state index in [0.717, 1.165) is 11.3 Å². The molecule has 2 rings (SSSR count). The number of hydrogen-bond acceptors (Lipinski definition) is 4. The van der Waals surface area contributed by atoms with Crippen LogP contribution < -0.4 is 9.47 Å². The Hall–Kier alpha value is -1.71. The molecule has 1 atom stereocenters. The number of esters is 1. The summed E-state index contributed by atoms with van der Waals surface area (Å²) in [7, 11) is 1.60. The second-order valence-corrected chi connectivity index (χ2v) is 4.20. The molecule has 0 fully saturated rings. The number of fused-ring (bicyclic) bond motifs is 1. The molecule has 1 aromatic rings. The van der Waals surface area contributed by atoms with Crippen LogP contribution in [0.5, 0.6) is 11.5 Å². The van der Waals surface area contributed by atoms with Gasteiger partial charge in [-0.3, -0.25) is 0 Å². The standard InChI is InChI=1S/C13H16O4.C2H6/c1-4-16-12(14)13(2)8-9-5-6-10(15-3)7-11(9)17-13;1-2/h5-7H,4,8H2,1-3H3;1-2H3. The lowest BCUT2D eigenvalue weighted by Gasteiger charge is -2.21. The third-order valence-electron chi connectivity index (χ3n) is 2.84. The van der Waals surface area contributed by atoms with E-state index in [1.165, 1.54) is 0 Å². The van der Waals surface area contributed by atoms with Crippen LogP contribution in [-0.2, 0) is 16.0 Å². The van der Waals surface area contributed by atoms with E-state index in [1.54, 1.807) is 27.0 Å². The monoisotopic (exact) mass is 266 g/mol. The Morgan fingerprint density at radius 3 is 2.68 bits per heavy atom. The first-order valence-electron chi connectivity index (χ1n) is 6.62. The van der Waals surface area contributed by atoms with Crippen LogP contribution in [0.4, 0.5) is 0 Å². The molecule has 1 unspecified atom stereocenters. The highest BCUT2D eigenvalue weighted by Gasteiger charge is 2.43. The second kappa shape index (κ2) is 6.45. The van der Waals surface area contributed by atoms with Gasteiger partial charge in [0, 0.05) is 12.5 Å². The first kappa shape index (κ1) is 15.3. The molecule has 0 radical (unpaired) electrons. The lowest BCUT2D eigenvalue weighted by atomic mass is 9.99. The SMILES string of the molecule is CC.CCOC(=O)C1(C)Cc2ccc(OC)cc2O1. The molecule has 4 nitrogen and oxygen atoms in total. The number of ether oxygens (including phenoxy) is 3. The molecule has 1 heterocycles. The van der Waals surface area contributed by atoms with Crippen molar-refractivity contribution in [2.24, 2.45) is 0 Å². The Bertz CT molecular complexity index is 442. The number of rotatable bonds is 3. The Morgan fingerprint density at radius 2 is 2.11 bits per heavy atom. The maximum atomic E-state index is 11.8. The fourth-order valence-corrected chi connectivity index (χ4v) is 1.94. The lowest BCUT2D eigenvalue weighted by molar-refractivity contribution is -0.158. The molecular weight excluding hydrogens is 244 g/mol. The summed E-state index contributed by atoms with van der Waals surface area (Å²) < 4.78 is 15.8. The summed E-state index contributed by atoms with van der Waals surface area (Å²) in [5.41, 5.74) is 0.0893. The Labute approximate surface area is 114 Å². The van der Waals surface area contributed by atoms with Gasteiger partial charge < -0.3 is 14.2 Å². The zero-order chi connectivity index (χ0) is 14.5. The minimum atomic E-state index is -0.912. The first-order chi connectivity index (χ1) is 9.09. The Kier molecular flexibility index (Phi) is 5.21. The third-order valence-corrected chi connectivity index (χ3v) is 2.84. The van der Waals surface area contributed by atoms with Crippen LogP contribution >= 0.6 is 0 Å². The van der Waals surface area contributed by atoms with Gasteiger partial charge in [0.15, 0.2) is 0 Å². The zero-order valence-corrected chi connectivity index (χ0v) is 12.3. The summed E-state index contributed by atoms with van der Waals surface area (Å²) in [4.78, 5) is 11.8. The number of carbonyl (C=O) groups is 1. The van der Waals surface area contributed by atoms with Crippen molar-refractivity contribution in [1.29, 1.82) is 0 Å². The van der Waals surface area contributed by atoms with Gasteiger partial charge in [-0.15, -0.1) is 0 Å². The van der Waals surface area contributed by atoms with Crippen molar-refractivity contribution in [2.75, 3.05) is 13.7 Å². The molecule has 0 N–H and O–H groups in total. The highest BCUT2D eigenvalue weighted by molar-refractivity contribution is 5.81. The van der Waals surface area contributed by atoms with Gasteiger partial charge in [0.1, 0.15) is 11.5 Å². The van der Waals surface area contributed by atoms with E-state index in [-0.39, 0.29) is 5.97 Å². The normalized spacial score (nSPS) is 19.6. The van der Waals surface area contributed by atoms with Crippen molar-refractivity contribution in [3.8, 4) is 11.5 Å². The fourth-order valence-electron chi connectivity index (χ4n) is 1.94. The molecule has 19 heavy (non-hydrogen) atoms. The van der Waals surface area contributed by atoms with E-state index in [9.17, 15) is 4.79 Å². The molecule has 4 heteroatoms. The molecule has 0 bridgehead atoms. The van der Waals surface area contributed by atoms with Crippen molar-refractivity contribution in [3.63, 3.8) is 0 Å². The average Bonchev–Trinajstić information content (AvgIpc) is 2.77. The molecule has 1 aromatic carbocycles. The van der Waals surface area contributed by atoms with Crippen LogP contribution in [0.1, 0.15) is 33.3 Å². The third kappa shape index (κ3) is 3.19. The van der Waals surface area contributed by atoms with Crippen LogP contribution in [0.15, 0.2) is 18.2 Å². The smallest absolute Gasteiger partial charge is 0.350 e. The molecular formula is C15H22O4. The van der Waals surface area contributed by atoms with Crippen molar-refractivity contribution in [3.05, 3.63) is 23.8 Å². The van der Waals surface area contributed by atoms with Gasteiger partial charge in [-0.2, -0.15) is 0 Å². The van der Waals surface area contributed by atoms with Crippen LogP contribution in [0.25, 0.3) is 0 Å². The van der Waals surface area contributed by atoms with Gasteiger partial charge in [-0.1, -0.05) is 19.9 Å². The predicted octanol–water partition coefficient (Wildman–Crippen LogP) is 2.98. The van der Waals surface area contributed by atoms with Gasteiger partial charge >= 0.3 is 5.97 Å². The zero-order valence-electron chi connectivity index (χ0n) is 12.3. The van der Waals surface area contributed by atoms with Crippen molar-refractivity contribution in [1.82, 2.24) is 0 Å². The van der Waals surface area contributed by atoms with Gasteiger partial charge in [0.2, 0.25) is 5.60 Å². The molecule has 0 saturated carbocycles.